The van der Waals surface area contributed by atoms with Gasteiger partial charge in [0.2, 0.25) is 5.91 Å². The number of carbonyl (C=O) groups excluding carboxylic acids is 1. The van der Waals surface area contributed by atoms with E-state index < -0.39 is 6.04 Å². The minimum absolute atomic E-state index is 0.204. The lowest BCUT2D eigenvalue weighted by molar-refractivity contribution is -0.117. The summed E-state index contributed by atoms with van der Waals surface area (Å²) in [5.74, 6) is 0.763. The van der Waals surface area contributed by atoms with Crippen molar-refractivity contribution >= 4 is 11.6 Å². The Morgan fingerprint density at radius 2 is 2.23 bits per heavy atom. The van der Waals surface area contributed by atoms with Crippen molar-refractivity contribution in [2.24, 2.45) is 11.7 Å². The maximum atomic E-state index is 12.1. The average Bonchev–Trinajstić information content (AvgIpc) is 3.00. The third kappa shape index (κ3) is 3.82. The van der Waals surface area contributed by atoms with Crippen LogP contribution in [0.4, 0.5) is 5.69 Å². The Labute approximate surface area is 129 Å². The van der Waals surface area contributed by atoms with Crippen molar-refractivity contribution < 1.29 is 9.53 Å². The van der Waals surface area contributed by atoms with Gasteiger partial charge in [-0.25, -0.2) is 0 Å². The zero-order valence-corrected chi connectivity index (χ0v) is 13.0. The van der Waals surface area contributed by atoms with E-state index in [1.54, 1.807) is 25.4 Å². The highest BCUT2D eigenvalue weighted by Crippen LogP contribution is 2.30. The molecule has 0 radical (unpaired) electrons. The smallest absolute Gasteiger partial charge is 0.241 e. The summed E-state index contributed by atoms with van der Waals surface area (Å²) < 4.78 is 5.35. The standard InChI is InChI=1S/C15H21N5O2/c1-9(2)6-12(16)15(21)18-10-4-5-11(14(7-10)22-3)13-8-17-20-19-13/h4-5,7-9,12H,6,16H2,1-3H3,(H,18,21)(H,17,19,20)/t12-/m1/s1. The molecule has 0 aliphatic heterocycles. The zero-order chi connectivity index (χ0) is 16.1. The van der Waals surface area contributed by atoms with Gasteiger partial charge in [0.05, 0.1) is 19.3 Å². The van der Waals surface area contributed by atoms with Crippen molar-refractivity contribution in [2.75, 3.05) is 12.4 Å². The largest absolute Gasteiger partial charge is 0.496 e. The van der Waals surface area contributed by atoms with Gasteiger partial charge in [0, 0.05) is 17.3 Å². The van der Waals surface area contributed by atoms with Gasteiger partial charge >= 0.3 is 0 Å². The topological polar surface area (TPSA) is 106 Å². The van der Waals surface area contributed by atoms with Gasteiger partial charge in [-0.2, -0.15) is 15.4 Å². The summed E-state index contributed by atoms with van der Waals surface area (Å²) >= 11 is 0. The highest BCUT2D eigenvalue weighted by Gasteiger charge is 2.16. The van der Waals surface area contributed by atoms with Crippen LogP contribution in [0.1, 0.15) is 20.3 Å². The number of methoxy groups -OCH3 is 1. The molecule has 1 aromatic heterocycles. The van der Waals surface area contributed by atoms with Crippen LogP contribution in [0.2, 0.25) is 0 Å². The number of ether oxygens (including phenoxy) is 1. The van der Waals surface area contributed by atoms with Crippen LogP contribution in [0.15, 0.2) is 24.4 Å². The molecule has 7 heteroatoms. The van der Waals surface area contributed by atoms with Gasteiger partial charge in [0.15, 0.2) is 0 Å². The Hall–Kier alpha value is -2.41. The van der Waals surface area contributed by atoms with Crippen molar-refractivity contribution in [3.8, 4) is 17.0 Å². The molecule has 2 aromatic rings. The van der Waals surface area contributed by atoms with Crippen molar-refractivity contribution in [2.45, 2.75) is 26.3 Å². The minimum Gasteiger partial charge on any atom is -0.496 e. The third-order valence-electron chi connectivity index (χ3n) is 3.22. The van der Waals surface area contributed by atoms with E-state index in [-0.39, 0.29) is 5.91 Å². The molecule has 22 heavy (non-hydrogen) atoms. The second-order valence-corrected chi connectivity index (χ2v) is 5.50. The van der Waals surface area contributed by atoms with Gasteiger partial charge < -0.3 is 15.8 Å². The predicted octanol–water partition coefficient (Wildman–Crippen LogP) is 1.79. The molecule has 1 atom stereocenters. The summed E-state index contributed by atoms with van der Waals surface area (Å²) in [6.45, 7) is 4.06. The zero-order valence-electron chi connectivity index (χ0n) is 13.0. The summed E-state index contributed by atoms with van der Waals surface area (Å²) in [6.07, 6.45) is 2.24. The van der Waals surface area contributed by atoms with Crippen LogP contribution in [-0.4, -0.2) is 34.5 Å². The van der Waals surface area contributed by atoms with E-state index in [9.17, 15) is 4.79 Å². The minimum atomic E-state index is -0.527. The van der Waals surface area contributed by atoms with Crippen molar-refractivity contribution in [3.05, 3.63) is 24.4 Å². The van der Waals surface area contributed by atoms with Crippen LogP contribution in [-0.2, 0) is 4.79 Å². The number of nitrogens with two attached hydrogens (primary N) is 1. The van der Waals surface area contributed by atoms with Gasteiger partial charge in [-0.05, 0) is 24.5 Å². The summed E-state index contributed by atoms with van der Waals surface area (Å²) in [4.78, 5) is 12.1. The second-order valence-electron chi connectivity index (χ2n) is 5.50. The number of benzene rings is 1. The number of aromatic nitrogens is 3. The fraction of sp³-hybridized carbons (Fsp3) is 0.400. The molecule has 0 fully saturated rings. The van der Waals surface area contributed by atoms with E-state index in [4.69, 9.17) is 10.5 Å². The summed E-state index contributed by atoms with van der Waals surface area (Å²) in [7, 11) is 1.56. The molecule has 0 saturated carbocycles. The Balaban J connectivity index is 2.15. The highest BCUT2D eigenvalue weighted by atomic mass is 16.5. The van der Waals surface area contributed by atoms with Crippen molar-refractivity contribution in [1.29, 1.82) is 0 Å². The number of anilines is 1. The van der Waals surface area contributed by atoms with Crippen LogP contribution in [0.25, 0.3) is 11.3 Å². The van der Waals surface area contributed by atoms with Crippen molar-refractivity contribution in [1.82, 2.24) is 15.4 Å². The number of nitrogens with one attached hydrogen (secondary N) is 2. The average molecular weight is 303 g/mol. The monoisotopic (exact) mass is 303 g/mol. The molecular formula is C15H21N5O2. The van der Waals surface area contributed by atoms with Crippen LogP contribution >= 0.6 is 0 Å². The lowest BCUT2D eigenvalue weighted by Gasteiger charge is -2.15. The SMILES string of the molecule is COc1cc(NC(=O)[C@H](N)CC(C)C)ccc1-c1cn[nH]n1. The van der Waals surface area contributed by atoms with Crippen LogP contribution in [0.3, 0.4) is 0 Å². The molecule has 0 aliphatic rings. The molecule has 1 heterocycles. The van der Waals surface area contributed by atoms with E-state index in [1.807, 2.05) is 19.9 Å². The van der Waals surface area contributed by atoms with E-state index in [2.05, 4.69) is 20.7 Å². The van der Waals surface area contributed by atoms with Gasteiger partial charge in [-0.3, -0.25) is 4.79 Å². The highest BCUT2D eigenvalue weighted by molar-refractivity contribution is 5.95. The van der Waals surface area contributed by atoms with E-state index in [0.29, 0.717) is 29.5 Å². The molecule has 1 aromatic carbocycles. The Morgan fingerprint density at radius 3 is 2.82 bits per heavy atom. The Morgan fingerprint density at radius 1 is 1.45 bits per heavy atom. The molecule has 4 N–H and O–H groups in total. The van der Waals surface area contributed by atoms with Crippen LogP contribution in [0, 0.1) is 5.92 Å². The Bertz CT molecular complexity index is 625. The molecular weight excluding hydrogens is 282 g/mol. The number of rotatable bonds is 6. The third-order valence-corrected chi connectivity index (χ3v) is 3.22. The number of amides is 1. The molecule has 0 spiro atoms. The second kappa shape index (κ2) is 7.04. The van der Waals surface area contributed by atoms with E-state index in [1.165, 1.54) is 0 Å². The van der Waals surface area contributed by atoms with Gasteiger partial charge in [0.25, 0.3) is 0 Å². The quantitative estimate of drug-likeness (QED) is 0.754. The summed E-state index contributed by atoms with van der Waals surface area (Å²) in [5, 5.41) is 13.2. The van der Waals surface area contributed by atoms with Crippen LogP contribution in [0.5, 0.6) is 5.75 Å². The first-order chi connectivity index (χ1) is 10.5. The summed E-state index contributed by atoms with van der Waals surface area (Å²) in [5.41, 5.74) is 7.98. The number of aromatic amines is 1. The van der Waals surface area contributed by atoms with Crippen molar-refractivity contribution in [3.63, 3.8) is 0 Å². The Kier molecular flexibility index (Phi) is 5.11. The first-order valence-corrected chi connectivity index (χ1v) is 7.12. The molecule has 0 bridgehead atoms. The molecule has 0 saturated heterocycles. The molecule has 1 amide bonds. The first-order valence-electron chi connectivity index (χ1n) is 7.12. The first kappa shape index (κ1) is 16.0. The number of carbonyl (C=O) groups is 1. The molecule has 2 rings (SSSR count). The number of hydrogen-bond acceptors (Lipinski definition) is 5. The molecule has 0 unspecified atom stereocenters. The number of hydrogen-bond donors (Lipinski definition) is 3. The number of H-pyrrole nitrogens is 1. The van der Waals surface area contributed by atoms with Gasteiger partial charge in [-0.15, -0.1) is 0 Å². The molecule has 118 valence electrons. The van der Waals surface area contributed by atoms with E-state index in [0.717, 1.165) is 5.56 Å². The maximum Gasteiger partial charge on any atom is 0.241 e. The maximum absolute atomic E-state index is 12.1. The lowest BCUT2D eigenvalue weighted by Crippen LogP contribution is -2.36. The molecule has 0 aliphatic carbocycles. The van der Waals surface area contributed by atoms with E-state index >= 15 is 0 Å². The van der Waals surface area contributed by atoms with Gasteiger partial charge in [0.1, 0.15) is 11.4 Å². The normalized spacial score (nSPS) is 12.2. The fourth-order valence-electron chi connectivity index (χ4n) is 2.16. The van der Waals surface area contributed by atoms with Gasteiger partial charge in [-0.1, -0.05) is 13.8 Å². The summed E-state index contributed by atoms with van der Waals surface area (Å²) in [6, 6.07) is 4.82. The lowest BCUT2D eigenvalue weighted by atomic mass is 10.0. The predicted molar refractivity (Wildman–Crippen MR) is 84.4 cm³/mol. The molecule has 7 nitrogen and oxygen atoms in total. The number of nitrogens with zero attached hydrogens (tertiary/aromatic N) is 2. The fourth-order valence-corrected chi connectivity index (χ4v) is 2.16. The van der Waals surface area contributed by atoms with Crippen LogP contribution < -0.4 is 15.8 Å².